The monoisotopic (exact) mass is 209 g/mol. The Balaban J connectivity index is 1.86. The van der Waals surface area contributed by atoms with Crippen molar-refractivity contribution in [2.75, 3.05) is 19.8 Å². The number of nitrogens with two attached hydrogens (primary N) is 1. The van der Waals surface area contributed by atoms with E-state index in [1.165, 1.54) is 0 Å². The maximum Gasteiger partial charge on any atom is 0.232 e. The molecule has 1 aliphatic rings. The zero-order valence-corrected chi connectivity index (χ0v) is 8.56. The van der Waals surface area contributed by atoms with E-state index >= 15 is 0 Å². The highest BCUT2D eigenvalue weighted by Crippen LogP contribution is 2.14. The second-order valence-electron chi connectivity index (χ2n) is 3.59. The van der Waals surface area contributed by atoms with Crippen molar-refractivity contribution in [3.05, 3.63) is 18.1 Å². The van der Waals surface area contributed by atoms with E-state index in [2.05, 4.69) is 9.97 Å². The van der Waals surface area contributed by atoms with Crippen molar-refractivity contribution < 1.29 is 9.47 Å². The molecule has 5 heteroatoms. The normalized spacial score (nSPS) is 20.5. The Morgan fingerprint density at radius 2 is 2.47 bits per heavy atom. The Bertz CT molecular complexity index is 313. The van der Waals surface area contributed by atoms with Crippen LogP contribution in [0.3, 0.4) is 0 Å². The summed E-state index contributed by atoms with van der Waals surface area (Å²) >= 11 is 0. The minimum absolute atomic E-state index is 0.386. The zero-order chi connectivity index (χ0) is 10.5. The highest BCUT2D eigenvalue weighted by Gasteiger charge is 2.16. The highest BCUT2D eigenvalue weighted by atomic mass is 16.5. The second kappa shape index (κ2) is 5.04. The van der Waals surface area contributed by atoms with Gasteiger partial charge in [0, 0.05) is 25.3 Å². The maximum atomic E-state index is 5.52. The van der Waals surface area contributed by atoms with Gasteiger partial charge in [0.15, 0.2) is 0 Å². The molecular weight excluding hydrogens is 194 g/mol. The average Bonchev–Trinajstić information content (AvgIpc) is 2.79. The van der Waals surface area contributed by atoms with E-state index in [9.17, 15) is 0 Å². The van der Waals surface area contributed by atoms with Crippen LogP contribution in [0.25, 0.3) is 0 Å². The van der Waals surface area contributed by atoms with Crippen LogP contribution in [-0.4, -0.2) is 29.8 Å². The van der Waals surface area contributed by atoms with Gasteiger partial charge in [0.2, 0.25) is 5.88 Å². The number of rotatable bonds is 4. The fourth-order valence-electron chi connectivity index (χ4n) is 1.47. The van der Waals surface area contributed by atoms with Crippen molar-refractivity contribution in [3.63, 3.8) is 0 Å². The summed E-state index contributed by atoms with van der Waals surface area (Å²) in [5, 5.41) is 0. The van der Waals surface area contributed by atoms with E-state index in [-0.39, 0.29) is 0 Å². The van der Waals surface area contributed by atoms with Crippen molar-refractivity contribution >= 4 is 0 Å². The van der Waals surface area contributed by atoms with Gasteiger partial charge in [-0.2, -0.15) is 0 Å². The molecule has 1 aromatic rings. The molecule has 15 heavy (non-hydrogen) atoms. The van der Waals surface area contributed by atoms with Gasteiger partial charge in [0.1, 0.15) is 0 Å². The summed E-state index contributed by atoms with van der Waals surface area (Å²) in [6.45, 7) is 2.64. The molecule has 2 N–H and O–H groups in total. The van der Waals surface area contributed by atoms with Crippen LogP contribution in [-0.2, 0) is 11.3 Å². The number of ether oxygens (including phenoxy) is 2. The van der Waals surface area contributed by atoms with Gasteiger partial charge >= 0.3 is 0 Å². The van der Waals surface area contributed by atoms with Crippen LogP contribution < -0.4 is 10.5 Å². The van der Waals surface area contributed by atoms with Gasteiger partial charge in [-0.25, -0.2) is 4.98 Å². The molecule has 1 saturated heterocycles. The maximum absolute atomic E-state index is 5.52. The van der Waals surface area contributed by atoms with Gasteiger partial charge in [0.25, 0.3) is 0 Å². The minimum Gasteiger partial charge on any atom is -0.476 e. The largest absolute Gasteiger partial charge is 0.476 e. The van der Waals surface area contributed by atoms with Crippen molar-refractivity contribution in [1.82, 2.24) is 9.97 Å². The second-order valence-corrected chi connectivity index (χ2v) is 3.59. The van der Waals surface area contributed by atoms with E-state index in [4.69, 9.17) is 15.2 Å². The molecule has 0 bridgehead atoms. The van der Waals surface area contributed by atoms with E-state index in [1.54, 1.807) is 12.4 Å². The summed E-state index contributed by atoms with van der Waals surface area (Å²) in [5.41, 5.74) is 6.20. The lowest BCUT2D eigenvalue weighted by Gasteiger charge is -2.09. The number of hydrogen-bond donors (Lipinski definition) is 1. The number of nitrogens with zero attached hydrogens (tertiary/aromatic N) is 2. The van der Waals surface area contributed by atoms with Crippen molar-refractivity contribution in [2.45, 2.75) is 13.0 Å². The van der Waals surface area contributed by atoms with Crippen LogP contribution in [0.4, 0.5) is 0 Å². The Morgan fingerprint density at radius 1 is 1.53 bits per heavy atom. The molecule has 5 nitrogen and oxygen atoms in total. The molecule has 0 amide bonds. The van der Waals surface area contributed by atoms with Gasteiger partial charge in [-0.15, -0.1) is 0 Å². The fourth-order valence-corrected chi connectivity index (χ4v) is 1.47. The average molecular weight is 209 g/mol. The molecule has 0 aliphatic carbocycles. The summed E-state index contributed by atoms with van der Waals surface area (Å²) in [7, 11) is 0. The zero-order valence-electron chi connectivity index (χ0n) is 8.56. The SMILES string of the molecule is NCc1cncc(OCC2CCOC2)n1. The molecule has 1 unspecified atom stereocenters. The lowest BCUT2D eigenvalue weighted by Crippen LogP contribution is -2.13. The Morgan fingerprint density at radius 3 is 3.20 bits per heavy atom. The lowest BCUT2D eigenvalue weighted by molar-refractivity contribution is 0.165. The first-order chi connectivity index (χ1) is 7.38. The molecule has 2 rings (SSSR count). The lowest BCUT2D eigenvalue weighted by atomic mass is 10.1. The predicted molar refractivity (Wildman–Crippen MR) is 54.3 cm³/mol. The fraction of sp³-hybridized carbons (Fsp3) is 0.600. The van der Waals surface area contributed by atoms with Crippen LogP contribution >= 0.6 is 0 Å². The summed E-state index contributed by atoms with van der Waals surface area (Å²) in [5.74, 6) is 1.03. The standard InChI is InChI=1S/C10H15N3O2/c11-3-9-4-12-5-10(13-9)15-7-8-1-2-14-6-8/h4-5,8H,1-3,6-7,11H2. The van der Waals surface area contributed by atoms with Crippen LogP contribution in [0.15, 0.2) is 12.4 Å². The van der Waals surface area contributed by atoms with Gasteiger partial charge in [-0.3, -0.25) is 4.98 Å². The number of hydrogen-bond acceptors (Lipinski definition) is 5. The minimum atomic E-state index is 0.386. The Kier molecular flexibility index (Phi) is 3.47. The summed E-state index contributed by atoms with van der Waals surface area (Å²) in [6.07, 6.45) is 4.31. The molecule has 1 aliphatic heterocycles. The van der Waals surface area contributed by atoms with E-state index in [1.807, 2.05) is 0 Å². The third-order valence-corrected chi connectivity index (χ3v) is 2.36. The van der Waals surface area contributed by atoms with Crippen LogP contribution in [0.2, 0.25) is 0 Å². The molecule has 1 atom stereocenters. The Hall–Kier alpha value is -1.20. The van der Waals surface area contributed by atoms with Crippen molar-refractivity contribution in [2.24, 2.45) is 11.7 Å². The molecule has 0 radical (unpaired) electrons. The molecule has 82 valence electrons. The Labute approximate surface area is 88.6 Å². The van der Waals surface area contributed by atoms with Gasteiger partial charge < -0.3 is 15.2 Å². The van der Waals surface area contributed by atoms with Gasteiger partial charge in [-0.05, 0) is 6.42 Å². The molecule has 2 heterocycles. The predicted octanol–water partition coefficient (Wildman–Crippen LogP) is 0.351. The topological polar surface area (TPSA) is 70.3 Å². The summed E-state index contributed by atoms with van der Waals surface area (Å²) < 4.78 is 10.8. The third kappa shape index (κ3) is 2.87. The molecular formula is C10H15N3O2. The first-order valence-corrected chi connectivity index (χ1v) is 5.10. The first kappa shape index (κ1) is 10.3. The van der Waals surface area contributed by atoms with E-state index < -0.39 is 0 Å². The van der Waals surface area contributed by atoms with Crippen molar-refractivity contribution in [3.8, 4) is 5.88 Å². The summed E-state index contributed by atoms with van der Waals surface area (Å²) in [4.78, 5) is 8.20. The van der Waals surface area contributed by atoms with Gasteiger partial charge in [0.05, 0.1) is 25.1 Å². The van der Waals surface area contributed by atoms with E-state index in [0.29, 0.717) is 24.9 Å². The molecule has 0 saturated carbocycles. The summed E-state index contributed by atoms with van der Waals surface area (Å²) in [6, 6.07) is 0. The van der Waals surface area contributed by atoms with Crippen LogP contribution in [0.1, 0.15) is 12.1 Å². The molecule has 0 aromatic carbocycles. The first-order valence-electron chi connectivity index (χ1n) is 5.10. The molecule has 1 fully saturated rings. The smallest absolute Gasteiger partial charge is 0.232 e. The quantitative estimate of drug-likeness (QED) is 0.774. The van der Waals surface area contributed by atoms with Crippen molar-refractivity contribution in [1.29, 1.82) is 0 Å². The van der Waals surface area contributed by atoms with Gasteiger partial charge in [-0.1, -0.05) is 0 Å². The van der Waals surface area contributed by atoms with Crippen LogP contribution in [0, 0.1) is 5.92 Å². The number of aromatic nitrogens is 2. The highest BCUT2D eigenvalue weighted by molar-refractivity contribution is 5.08. The molecule has 1 aromatic heterocycles. The van der Waals surface area contributed by atoms with Crippen LogP contribution in [0.5, 0.6) is 5.88 Å². The van der Waals surface area contributed by atoms with E-state index in [0.717, 1.165) is 25.3 Å². The molecule has 0 spiro atoms. The third-order valence-electron chi connectivity index (χ3n) is 2.36.